The summed E-state index contributed by atoms with van der Waals surface area (Å²) in [4.78, 5) is 12.7. The molecule has 0 heterocycles. The van der Waals surface area contributed by atoms with E-state index in [9.17, 15) is 17.6 Å². The van der Waals surface area contributed by atoms with E-state index in [-0.39, 0.29) is 30.8 Å². The third-order valence-electron chi connectivity index (χ3n) is 5.34. The number of ether oxygens (including phenoxy) is 2. The third kappa shape index (κ3) is 6.73. The van der Waals surface area contributed by atoms with E-state index in [0.29, 0.717) is 16.9 Å². The van der Waals surface area contributed by atoms with Crippen molar-refractivity contribution >= 4 is 21.8 Å². The van der Waals surface area contributed by atoms with Crippen molar-refractivity contribution in [3.8, 4) is 11.5 Å². The van der Waals surface area contributed by atoms with Crippen LogP contribution < -0.4 is 19.1 Å². The number of benzene rings is 3. The first kappa shape index (κ1) is 27.0. The van der Waals surface area contributed by atoms with Crippen LogP contribution in [0.25, 0.3) is 0 Å². The zero-order chi connectivity index (χ0) is 26.3. The van der Waals surface area contributed by atoms with E-state index >= 15 is 0 Å². The van der Waals surface area contributed by atoms with Crippen LogP contribution >= 0.6 is 0 Å². The highest BCUT2D eigenvalue weighted by Gasteiger charge is 2.27. The summed E-state index contributed by atoms with van der Waals surface area (Å²) in [7, 11) is 0.396. The van der Waals surface area contributed by atoms with Crippen molar-refractivity contribution in [1.82, 2.24) is 9.62 Å². The summed E-state index contributed by atoms with van der Waals surface area (Å²) in [5, 5.41) is 2.87. The molecule has 1 amide bonds. The van der Waals surface area contributed by atoms with Crippen LogP contribution in [0, 0.1) is 5.82 Å². The van der Waals surface area contributed by atoms with Crippen molar-refractivity contribution in [2.75, 3.05) is 32.1 Å². The number of hydrogen-bond donors (Lipinski definition) is 1. The second kappa shape index (κ2) is 11.9. The maximum absolute atomic E-state index is 14.4. The Morgan fingerprint density at radius 3 is 2.17 bits per heavy atom. The van der Waals surface area contributed by atoms with Gasteiger partial charge in [0.15, 0.2) is 0 Å². The molecule has 3 rings (SSSR count). The first-order valence-corrected chi connectivity index (χ1v) is 12.6. The first-order chi connectivity index (χ1) is 17.1. The first-order valence-electron chi connectivity index (χ1n) is 11.2. The van der Waals surface area contributed by atoms with Crippen LogP contribution in [-0.4, -0.2) is 52.5 Å². The Bertz CT molecular complexity index is 1270. The zero-order valence-electron chi connectivity index (χ0n) is 20.6. The number of carbonyl (C=O) groups is 1. The molecule has 1 atom stereocenters. The molecule has 192 valence electrons. The average Bonchev–Trinajstić information content (AvgIpc) is 2.87. The van der Waals surface area contributed by atoms with Gasteiger partial charge in [0.05, 0.1) is 25.4 Å². The molecule has 8 nitrogen and oxygen atoms in total. The van der Waals surface area contributed by atoms with Gasteiger partial charge in [-0.05, 0) is 61.0 Å². The van der Waals surface area contributed by atoms with E-state index < -0.39 is 16.0 Å². The topological polar surface area (TPSA) is 88.2 Å². The summed E-state index contributed by atoms with van der Waals surface area (Å²) in [6.45, 7) is 2.00. The summed E-state index contributed by atoms with van der Waals surface area (Å²) in [5.41, 5.74) is 0.942. The highest BCUT2D eigenvalue weighted by molar-refractivity contribution is 7.90. The fourth-order valence-electron chi connectivity index (χ4n) is 3.31. The van der Waals surface area contributed by atoms with Crippen molar-refractivity contribution in [2.24, 2.45) is 0 Å². The smallest absolute Gasteiger partial charge is 0.303 e. The van der Waals surface area contributed by atoms with Gasteiger partial charge in [-0.1, -0.05) is 24.3 Å². The molecule has 0 aliphatic heterocycles. The SMILES string of the molecule is COc1ccc(OCC(C)NC(=O)c2ccc(CN(c3ccccc3F)S(=O)(=O)N(C)C)cc2)cc1. The predicted octanol–water partition coefficient (Wildman–Crippen LogP) is 3.84. The average molecular weight is 516 g/mol. The van der Waals surface area contributed by atoms with E-state index in [4.69, 9.17) is 9.47 Å². The third-order valence-corrected chi connectivity index (χ3v) is 7.15. The second-order valence-corrected chi connectivity index (χ2v) is 10.4. The molecule has 0 bridgehead atoms. The molecule has 0 saturated carbocycles. The van der Waals surface area contributed by atoms with E-state index in [1.165, 1.54) is 32.3 Å². The van der Waals surface area contributed by atoms with Gasteiger partial charge in [-0.3, -0.25) is 9.10 Å². The highest BCUT2D eigenvalue weighted by atomic mass is 32.2. The number of rotatable bonds is 11. The summed E-state index contributed by atoms with van der Waals surface area (Å²) in [6, 6.07) is 19.1. The molecule has 1 unspecified atom stereocenters. The molecule has 0 aromatic heterocycles. The summed E-state index contributed by atoms with van der Waals surface area (Å²) in [5.74, 6) is 0.445. The summed E-state index contributed by atoms with van der Waals surface area (Å²) >= 11 is 0. The van der Waals surface area contributed by atoms with Crippen LogP contribution in [0.15, 0.2) is 72.8 Å². The van der Waals surface area contributed by atoms with Gasteiger partial charge in [0.25, 0.3) is 5.91 Å². The Morgan fingerprint density at radius 1 is 0.972 bits per heavy atom. The monoisotopic (exact) mass is 515 g/mol. The van der Waals surface area contributed by atoms with Crippen molar-refractivity contribution in [1.29, 1.82) is 0 Å². The van der Waals surface area contributed by atoms with Gasteiger partial charge >= 0.3 is 10.2 Å². The molecule has 0 aliphatic carbocycles. The number of halogens is 1. The quantitative estimate of drug-likeness (QED) is 0.419. The maximum Gasteiger partial charge on any atom is 0.303 e. The van der Waals surface area contributed by atoms with Crippen molar-refractivity contribution < 1.29 is 27.1 Å². The Hall–Kier alpha value is -3.63. The maximum atomic E-state index is 14.4. The zero-order valence-corrected chi connectivity index (χ0v) is 21.5. The molecule has 36 heavy (non-hydrogen) atoms. The van der Waals surface area contributed by atoms with Gasteiger partial charge in [0.1, 0.15) is 23.9 Å². The number of para-hydroxylation sites is 1. The Kier molecular flexibility index (Phi) is 8.89. The second-order valence-electron chi connectivity index (χ2n) is 8.31. The fraction of sp³-hybridized carbons (Fsp3) is 0.269. The molecule has 0 fully saturated rings. The summed E-state index contributed by atoms with van der Waals surface area (Å²) in [6.07, 6.45) is 0. The lowest BCUT2D eigenvalue weighted by molar-refractivity contribution is 0.0926. The minimum absolute atomic E-state index is 0.0568. The standard InChI is InChI=1S/C26H30FN3O5S/c1-19(18-35-23-15-13-22(34-4)14-16-23)28-26(31)21-11-9-20(10-12-21)17-30(36(32,33)29(2)3)25-8-6-5-7-24(25)27/h5-16,19H,17-18H2,1-4H3,(H,28,31). The van der Waals surface area contributed by atoms with Gasteiger partial charge in [-0.15, -0.1) is 0 Å². The molecule has 0 spiro atoms. The van der Waals surface area contributed by atoms with E-state index in [0.717, 1.165) is 14.4 Å². The van der Waals surface area contributed by atoms with Crippen molar-refractivity contribution in [3.63, 3.8) is 0 Å². The Morgan fingerprint density at radius 2 is 1.58 bits per heavy atom. The molecule has 3 aromatic carbocycles. The van der Waals surface area contributed by atoms with Gasteiger partial charge < -0.3 is 14.8 Å². The van der Waals surface area contributed by atoms with Crippen LogP contribution in [0.1, 0.15) is 22.8 Å². The minimum Gasteiger partial charge on any atom is -0.497 e. The Balaban J connectivity index is 1.65. The number of methoxy groups -OCH3 is 1. The Labute approximate surface area is 211 Å². The lowest BCUT2D eigenvalue weighted by Gasteiger charge is -2.27. The van der Waals surface area contributed by atoms with E-state index in [1.807, 2.05) is 6.92 Å². The van der Waals surface area contributed by atoms with Crippen LogP contribution in [0.3, 0.4) is 0 Å². The molecule has 10 heteroatoms. The van der Waals surface area contributed by atoms with Gasteiger partial charge in [0.2, 0.25) is 0 Å². The molecular weight excluding hydrogens is 485 g/mol. The van der Waals surface area contributed by atoms with Crippen molar-refractivity contribution in [3.05, 3.63) is 89.7 Å². The lowest BCUT2D eigenvalue weighted by atomic mass is 10.1. The lowest BCUT2D eigenvalue weighted by Crippen LogP contribution is -2.40. The van der Waals surface area contributed by atoms with Crippen LogP contribution in [0.5, 0.6) is 11.5 Å². The fourth-order valence-corrected chi connectivity index (χ4v) is 4.41. The van der Waals surface area contributed by atoms with Crippen LogP contribution in [0.2, 0.25) is 0 Å². The van der Waals surface area contributed by atoms with Crippen LogP contribution in [0.4, 0.5) is 10.1 Å². The normalized spacial score (nSPS) is 12.2. The number of nitrogens with zero attached hydrogens (tertiary/aromatic N) is 2. The molecule has 1 N–H and O–H groups in total. The number of anilines is 1. The molecule has 0 radical (unpaired) electrons. The summed E-state index contributed by atoms with van der Waals surface area (Å²) < 4.78 is 53.0. The number of hydrogen-bond acceptors (Lipinski definition) is 5. The van der Waals surface area contributed by atoms with Crippen molar-refractivity contribution in [2.45, 2.75) is 19.5 Å². The van der Waals surface area contributed by atoms with E-state index in [2.05, 4.69) is 5.32 Å². The minimum atomic E-state index is -3.96. The van der Waals surface area contributed by atoms with Crippen LogP contribution in [-0.2, 0) is 16.8 Å². The van der Waals surface area contributed by atoms with E-state index in [1.54, 1.807) is 61.7 Å². The van der Waals surface area contributed by atoms with Gasteiger partial charge in [-0.2, -0.15) is 12.7 Å². The largest absolute Gasteiger partial charge is 0.497 e. The number of carbonyl (C=O) groups excluding carboxylic acids is 1. The molecular formula is C26H30FN3O5S. The van der Waals surface area contributed by atoms with Gasteiger partial charge in [0, 0.05) is 19.7 Å². The number of amides is 1. The number of nitrogens with one attached hydrogen (secondary N) is 1. The predicted molar refractivity (Wildman–Crippen MR) is 137 cm³/mol. The molecule has 0 saturated heterocycles. The highest BCUT2D eigenvalue weighted by Crippen LogP contribution is 2.25. The molecule has 0 aliphatic rings. The molecule has 3 aromatic rings. The van der Waals surface area contributed by atoms with Gasteiger partial charge in [-0.25, -0.2) is 4.39 Å².